The van der Waals surface area contributed by atoms with Gasteiger partial charge in [0, 0.05) is 11.6 Å². The van der Waals surface area contributed by atoms with Crippen molar-refractivity contribution in [3.05, 3.63) is 79.9 Å². The highest BCUT2D eigenvalue weighted by Gasteiger charge is 2.41. The Kier molecular flexibility index (Phi) is 5.49. The zero-order valence-corrected chi connectivity index (χ0v) is 17.5. The van der Waals surface area contributed by atoms with E-state index < -0.39 is 13.1 Å². The molecule has 1 unspecified atom stereocenters. The number of phenolic OH excluding ortho intramolecular Hbond substituents is 2. The Morgan fingerprint density at radius 2 is 1.48 bits per heavy atom. The first-order valence-corrected chi connectivity index (χ1v) is 11.2. The molecule has 31 heavy (non-hydrogen) atoms. The Hall–Kier alpha value is -3.63. The zero-order valence-electron chi connectivity index (χ0n) is 16.7. The van der Waals surface area contributed by atoms with Gasteiger partial charge in [-0.2, -0.15) is 0 Å². The van der Waals surface area contributed by atoms with Crippen molar-refractivity contribution >= 4 is 18.0 Å². The molecule has 1 heterocycles. The summed E-state index contributed by atoms with van der Waals surface area (Å²) in [6, 6.07) is 15.5. The molecule has 6 nitrogen and oxygen atoms in total. The standard InChI is InChI=1S/C24H21O6P/c1-3-13-28-23-18(25)15-21(22(26)24(23)29-14-4-2)31(27)20-12-8-6-10-17(20)16-9-5-7-11-19(16)30-31/h3-12,15,25-26H,1-2,13-14H2. The van der Waals surface area contributed by atoms with Crippen LogP contribution < -0.4 is 24.6 Å². The number of hydrogen-bond donors (Lipinski definition) is 2. The molecular weight excluding hydrogens is 415 g/mol. The summed E-state index contributed by atoms with van der Waals surface area (Å²) in [6.07, 6.45) is 2.96. The van der Waals surface area contributed by atoms with Gasteiger partial charge < -0.3 is 24.2 Å². The largest absolute Gasteiger partial charge is 0.504 e. The van der Waals surface area contributed by atoms with Crippen molar-refractivity contribution in [2.24, 2.45) is 0 Å². The van der Waals surface area contributed by atoms with Crippen LogP contribution in [0.3, 0.4) is 0 Å². The number of fused-ring (bicyclic) bond motifs is 3. The molecule has 0 saturated carbocycles. The van der Waals surface area contributed by atoms with Gasteiger partial charge in [-0.15, -0.1) is 0 Å². The number of aromatic hydroxyl groups is 2. The molecule has 3 aromatic carbocycles. The number of ether oxygens (including phenoxy) is 2. The van der Waals surface area contributed by atoms with Crippen molar-refractivity contribution in [2.75, 3.05) is 13.2 Å². The molecule has 0 bridgehead atoms. The molecule has 0 radical (unpaired) electrons. The van der Waals surface area contributed by atoms with Crippen molar-refractivity contribution in [2.45, 2.75) is 0 Å². The smallest absolute Gasteiger partial charge is 0.311 e. The molecule has 3 aromatic rings. The Balaban J connectivity index is 1.95. The number of phenols is 2. The maximum Gasteiger partial charge on any atom is 0.311 e. The van der Waals surface area contributed by atoms with Gasteiger partial charge in [0.25, 0.3) is 0 Å². The fourth-order valence-corrected chi connectivity index (χ4v) is 5.84. The highest BCUT2D eigenvalue weighted by molar-refractivity contribution is 7.75. The highest BCUT2D eigenvalue weighted by Crippen LogP contribution is 2.58. The first-order chi connectivity index (χ1) is 15.0. The molecule has 0 aliphatic carbocycles. The van der Waals surface area contributed by atoms with Gasteiger partial charge in [-0.3, -0.25) is 4.57 Å². The third kappa shape index (κ3) is 3.45. The summed E-state index contributed by atoms with van der Waals surface area (Å²) in [5.41, 5.74) is 1.52. The molecule has 0 spiro atoms. The van der Waals surface area contributed by atoms with Crippen LogP contribution in [0.5, 0.6) is 28.7 Å². The van der Waals surface area contributed by atoms with Gasteiger partial charge in [0.1, 0.15) is 24.3 Å². The van der Waals surface area contributed by atoms with Crippen molar-refractivity contribution in [1.82, 2.24) is 0 Å². The summed E-state index contributed by atoms with van der Waals surface area (Å²) in [6.45, 7) is 7.28. The molecular formula is C24H21O6P. The van der Waals surface area contributed by atoms with E-state index in [0.717, 1.165) is 11.1 Å². The van der Waals surface area contributed by atoms with E-state index in [2.05, 4.69) is 13.2 Å². The van der Waals surface area contributed by atoms with Gasteiger partial charge in [-0.25, -0.2) is 0 Å². The first-order valence-electron chi connectivity index (χ1n) is 9.56. The molecule has 1 atom stereocenters. The highest BCUT2D eigenvalue weighted by atomic mass is 31.2. The first kappa shape index (κ1) is 20.6. The lowest BCUT2D eigenvalue weighted by molar-refractivity contribution is 0.282. The molecule has 0 amide bonds. The van der Waals surface area contributed by atoms with E-state index in [0.29, 0.717) is 11.1 Å². The Morgan fingerprint density at radius 3 is 2.19 bits per heavy atom. The summed E-state index contributed by atoms with van der Waals surface area (Å²) < 4.78 is 31.4. The second-order valence-electron chi connectivity index (χ2n) is 6.78. The summed E-state index contributed by atoms with van der Waals surface area (Å²) in [7, 11) is -3.85. The predicted octanol–water partition coefficient (Wildman–Crippen LogP) is 4.52. The lowest BCUT2D eigenvalue weighted by Gasteiger charge is -2.29. The molecule has 2 N–H and O–H groups in total. The molecule has 0 aromatic heterocycles. The van der Waals surface area contributed by atoms with Crippen LogP contribution in [0.2, 0.25) is 0 Å². The van der Waals surface area contributed by atoms with E-state index in [1.807, 2.05) is 24.3 Å². The average Bonchev–Trinajstić information content (AvgIpc) is 2.78. The van der Waals surface area contributed by atoms with Gasteiger partial charge in [0.2, 0.25) is 11.5 Å². The quantitative estimate of drug-likeness (QED) is 0.322. The van der Waals surface area contributed by atoms with Crippen molar-refractivity contribution in [1.29, 1.82) is 0 Å². The topological polar surface area (TPSA) is 85.2 Å². The lowest BCUT2D eigenvalue weighted by atomic mass is 10.0. The molecule has 1 aliphatic rings. The van der Waals surface area contributed by atoms with E-state index in [9.17, 15) is 14.8 Å². The number of hydrogen-bond acceptors (Lipinski definition) is 6. The van der Waals surface area contributed by atoms with Crippen LogP contribution in [0, 0.1) is 0 Å². The van der Waals surface area contributed by atoms with Gasteiger partial charge in [0.15, 0.2) is 11.5 Å². The van der Waals surface area contributed by atoms with Gasteiger partial charge in [-0.05, 0) is 17.7 Å². The summed E-state index contributed by atoms with van der Waals surface area (Å²) in [5, 5.41) is 22.1. The number of benzene rings is 3. The molecule has 1 aliphatic heterocycles. The third-order valence-corrected chi connectivity index (χ3v) is 7.26. The van der Waals surface area contributed by atoms with E-state index in [-0.39, 0.29) is 35.8 Å². The summed E-state index contributed by atoms with van der Waals surface area (Å²) >= 11 is 0. The van der Waals surface area contributed by atoms with Crippen LogP contribution in [0.1, 0.15) is 0 Å². The summed E-state index contributed by atoms with van der Waals surface area (Å²) in [5.74, 6) is -0.587. The number of rotatable bonds is 7. The van der Waals surface area contributed by atoms with Gasteiger partial charge >= 0.3 is 7.37 Å². The molecule has 7 heteroatoms. The normalized spacial score (nSPS) is 16.4. The van der Waals surface area contributed by atoms with Crippen LogP contribution in [-0.4, -0.2) is 23.4 Å². The van der Waals surface area contributed by atoms with Crippen LogP contribution >= 0.6 is 7.37 Å². The second kappa shape index (κ2) is 8.25. The number of para-hydroxylation sites is 1. The second-order valence-corrected chi connectivity index (χ2v) is 9.03. The zero-order chi connectivity index (χ0) is 22.0. The molecule has 4 rings (SSSR count). The summed E-state index contributed by atoms with van der Waals surface area (Å²) in [4.78, 5) is 0. The van der Waals surface area contributed by atoms with Gasteiger partial charge in [-0.1, -0.05) is 61.7 Å². The van der Waals surface area contributed by atoms with Crippen molar-refractivity contribution in [3.63, 3.8) is 0 Å². The minimum Gasteiger partial charge on any atom is -0.504 e. The van der Waals surface area contributed by atoms with Crippen LogP contribution in [-0.2, 0) is 4.57 Å². The maximum atomic E-state index is 14.3. The Labute approximate surface area is 180 Å². The van der Waals surface area contributed by atoms with Crippen molar-refractivity contribution in [3.8, 4) is 39.9 Å². The predicted molar refractivity (Wildman–Crippen MR) is 121 cm³/mol. The lowest BCUT2D eigenvalue weighted by Crippen LogP contribution is -2.25. The monoisotopic (exact) mass is 436 g/mol. The Morgan fingerprint density at radius 1 is 0.871 bits per heavy atom. The molecule has 0 fully saturated rings. The van der Waals surface area contributed by atoms with Crippen molar-refractivity contribution < 1.29 is 28.8 Å². The van der Waals surface area contributed by atoms with Crippen LogP contribution in [0.15, 0.2) is 79.9 Å². The minimum atomic E-state index is -3.85. The third-order valence-electron chi connectivity index (χ3n) is 4.80. The fraction of sp³-hybridized carbons (Fsp3) is 0.0833. The average molecular weight is 436 g/mol. The van der Waals surface area contributed by atoms with E-state index in [4.69, 9.17) is 14.0 Å². The Bertz CT molecular complexity index is 1220. The van der Waals surface area contributed by atoms with Crippen LogP contribution in [0.25, 0.3) is 11.1 Å². The van der Waals surface area contributed by atoms with Gasteiger partial charge in [0.05, 0.1) is 5.30 Å². The molecule has 0 saturated heterocycles. The van der Waals surface area contributed by atoms with E-state index in [1.165, 1.54) is 18.2 Å². The minimum absolute atomic E-state index is 0.0332. The van der Waals surface area contributed by atoms with Crippen LogP contribution in [0.4, 0.5) is 0 Å². The fourth-order valence-electron chi connectivity index (χ4n) is 3.48. The SMILES string of the molecule is C=CCOc1c(O)cc(P2(=O)Oc3ccccc3-c3ccccc32)c(O)c1OCC=C. The maximum absolute atomic E-state index is 14.3. The van der Waals surface area contributed by atoms with E-state index in [1.54, 1.807) is 24.3 Å². The van der Waals surface area contributed by atoms with E-state index >= 15 is 0 Å². The molecule has 158 valence electrons.